The standard InChI is InChI=1S/C10H13N3O2S/c1-2-13(16(14,15)8-7-11)10-6-4-3-5-9(10)12/h3-6H,2,8,12H2,1H3. The van der Waals surface area contributed by atoms with Crippen molar-refractivity contribution in [2.75, 3.05) is 22.3 Å². The number of hydrogen-bond acceptors (Lipinski definition) is 4. The molecule has 0 fully saturated rings. The molecule has 1 aromatic carbocycles. The highest BCUT2D eigenvalue weighted by Gasteiger charge is 2.21. The second-order valence-electron chi connectivity index (χ2n) is 3.14. The number of anilines is 2. The second kappa shape index (κ2) is 4.86. The van der Waals surface area contributed by atoms with Crippen molar-refractivity contribution >= 4 is 21.4 Å². The lowest BCUT2D eigenvalue weighted by Gasteiger charge is -2.22. The maximum absolute atomic E-state index is 11.8. The molecule has 0 saturated carbocycles. The van der Waals surface area contributed by atoms with E-state index in [9.17, 15) is 8.42 Å². The molecule has 0 bridgehead atoms. The summed E-state index contributed by atoms with van der Waals surface area (Å²) in [6.45, 7) is 1.94. The third kappa shape index (κ3) is 2.44. The summed E-state index contributed by atoms with van der Waals surface area (Å²) in [7, 11) is -3.61. The van der Waals surface area contributed by atoms with Gasteiger partial charge in [-0.15, -0.1) is 0 Å². The number of rotatable bonds is 4. The van der Waals surface area contributed by atoms with Crippen molar-refractivity contribution in [3.05, 3.63) is 24.3 Å². The molecule has 0 radical (unpaired) electrons. The van der Waals surface area contributed by atoms with Crippen LogP contribution in [0.1, 0.15) is 6.92 Å². The van der Waals surface area contributed by atoms with E-state index >= 15 is 0 Å². The molecule has 0 spiro atoms. The monoisotopic (exact) mass is 239 g/mol. The predicted molar refractivity (Wildman–Crippen MR) is 63.3 cm³/mol. The molecular formula is C10H13N3O2S. The number of nitrogen functional groups attached to an aromatic ring is 1. The van der Waals surface area contributed by atoms with Gasteiger partial charge < -0.3 is 5.73 Å². The molecule has 6 heteroatoms. The molecule has 0 aromatic heterocycles. The van der Waals surface area contributed by atoms with E-state index in [0.717, 1.165) is 4.31 Å². The zero-order valence-corrected chi connectivity index (χ0v) is 9.74. The van der Waals surface area contributed by atoms with Crippen molar-refractivity contribution < 1.29 is 8.42 Å². The molecule has 0 saturated heterocycles. The zero-order valence-electron chi connectivity index (χ0n) is 8.92. The normalized spacial score (nSPS) is 10.8. The highest BCUT2D eigenvalue weighted by atomic mass is 32.2. The fourth-order valence-corrected chi connectivity index (χ4v) is 2.57. The molecule has 1 aromatic rings. The van der Waals surface area contributed by atoms with Gasteiger partial charge in [0.05, 0.1) is 17.4 Å². The zero-order chi connectivity index (χ0) is 12.2. The van der Waals surface area contributed by atoms with Crippen molar-refractivity contribution in [2.24, 2.45) is 0 Å². The van der Waals surface area contributed by atoms with E-state index in [1.165, 1.54) is 0 Å². The van der Waals surface area contributed by atoms with E-state index in [-0.39, 0.29) is 6.54 Å². The summed E-state index contributed by atoms with van der Waals surface area (Å²) in [6, 6.07) is 8.32. The Morgan fingerprint density at radius 3 is 2.56 bits per heavy atom. The molecule has 0 amide bonds. The second-order valence-corrected chi connectivity index (χ2v) is 5.03. The quantitative estimate of drug-likeness (QED) is 0.792. The Balaban J connectivity index is 3.20. The SMILES string of the molecule is CCN(c1ccccc1N)S(=O)(=O)CC#N. The maximum atomic E-state index is 11.8. The Morgan fingerprint density at radius 2 is 2.06 bits per heavy atom. The lowest BCUT2D eigenvalue weighted by Crippen LogP contribution is -2.33. The van der Waals surface area contributed by atoms with Gasteiger partial charge in [0.1, 0.15) is 0 Å². The van der Waals surface area contributed by atoms with Gasteiger partial charge in [0.25, 0.3) is 0 Å². The Hall–Kier alpha value is -1.74. The van der Waals surface area contributed by atoms with Gasteiger partial charge in [-0.3, -0.25) is 4.31 Å². The molecule has 0 heterocycles. The largest absolute Gasteiger partial charge is 0.397 e. The number of nitrogens with two attached hydrogens (primary N) is 1. The highest BCUT2D eigenvalue weighted by molar-refractivity contribution is 7.93. The number of hydrogen-bond donors (Lipinski definition) is 1. The Bertz CT molecular complexity index is 505. The summed E-state index contributed by atoms with van der Waals surface area (Å²) >= 11 is 0. The summed E-state index contributed by atoms with van der Waals surface area (Å²) in [4.78, 5) is 0. The van der Waals surface area contributed by atoms with Gasteiger partial charge in [0.15, 0.2) is 5.75 Å². The first-order valence-corrected chi connectivity index (χ1v) is 6.35. The van der Waals surface area contributed by atoms with Crippen LogP contribution in [-0.4, -0.2) is 20.7 Å². The van der Waals surface area contributed by atoms with Crippen LogP contribution in [0, 0.1) is 11.3 Å². The van der Waals surface area contributed by atoms with Crippen LogP contribution in [0.25, 0.3) is 0 Å². The van der Waals surface area contributed by atoms with Crippen LogP contribution in [0.4, 0.5) is 11.4 Å². The van der Waals surface area contributed by atoms with Crippen LogP contribution >= 0.6 is 0 Å². The van der Waals surface area contributed by atoms with Gasteiger partial charge in [-0.2, -0.15) is 5.26 Å². The molecule has 0 aliphatic carbocycles. The van der Waals surface area contributed by atoms with Gasteiger partial charge in [-0.05, 0) is 19.1 Å². The van der Waals surface area contributed by atoms with Gasteiger partial charge in [-0.1, -0.05) is 12.1 Å². The smallest absolute Gasteiger partial charge is 0.248 e. The average Bonchev–Trinajstić information content (AvgIpc) is 2.21. The van der Waals surface area contributed by atoms with E-state index in [1.54, 1.807) is 37.3 Å². The molecule has 0 aliphatic heterocycles. The average molecular weight is 239 g/mol. The number of nitrogens with zero attached hydrogens (tertiary/aromatic N) is 2. The maximum Gasteiger partial charge on any atom is 0.248 e. The Morgan fingerprint density at radius 1 is 1.44 bits per heavy atom. The van der Waals surface area contributed by atoms with E-state index in [4.69, 9.17) is 11.0 Å². The summed E-state index contributed by atoms with van der Waals surface area (Å²) < 4.78 is 24.7. The van der Waals surface area contributed by atoms with Crippen LogP contribution in [-0.2, 0) is 10.0 Å². The van der Waals surface area contributed by atoms with Crippen LogP contribution in [0.5, 0.6) is 0 Å². The minimum atomic E-state index is -3.61. The Kier molecular flexibility index (Phi) is 3.74. The molecule has 1 rings (SSSR count). The van der Waals surface area contributed by atoms with Crippen molar-refractivity contribution in [3.8, 4) is 6.07 Å². The van der Waals surface area contributed by atoms with Gasteiger partial charge in [0.2, 0.25) is 10.0 Å². The summed E-state index contributed by atoms with van der Waals surface area (Å²) in [6.07, 6.45) is 0. The van der Waals surface area contributed by atoms with Gasteiger partial charge in [0, 0.05) is 6.54 Å². The minimum absolute atomic E-state index is 0.248. The first-order chi connectivity index (χ1) is 7.53. The molecule has 0 unspecified atom stereocenters. The topological polar surface area (TPSA) is 87.2 Å². The minimum Gasteiger partial charge on any atom is -0.397 e. The van der Waals surface area contributed by atoms with Crippen LogP contribution < -0.4 is 10.0 Å². The number of sulfonamides is 1. The third-order valence-corrected chi connectivity index (χ3v) is 3.70. The van der Waals surface area contributed by atoms with Crippen LogP contribution in [0.3, 0.4) is 0 Å². The molecule has 86 valence electrons. The molecule has 16 heavy (non-hydrogen) atoms. The van der Waals surface area contributed by atoms with E-state index in [1.807, 2.05) is 0 Å². The molecule has 0 atom stereocenters. The Labute approximate surface area is 95.1 Å². The first kappa shape index (κ1) is 12.3. The fraction of sp³-hybridized carbons (Fsp3) is 0.300. The van der Waals surface area contributed by atoms with Gasteiger partial charge in [-0.25, -0.2) is 8.42 Å². The number of para-hydroxylation sites is 2. The van der Waals surface area contributed by atoms with Crippen molar-refractivity contribution in [3.63, 3.8) is 0 Å². The molecule has 5 nitrogen and oxygen atoms in total. The fourth-order valence-electron chi connectivity index (χ4n) is 1.39. The third-order valence-electron chi connectivity index (χ3n) is 2.08. The number of nitriles is 1. The van der Waals surface area contributed by atoms with Gasteiger partial charge >= 0.3 is 0 Å². The molecular weight excluding hydrogens is 226 g/mol. The highest BCUT2D eigenvalue weighted by Crippen LogP contribution is 2.24. The van der Waals surface area contributed by atoms with E-state index in [0.29, 0.717) is 11.4 Å². The van der Waals surface area contributed by atoms with Crippen molar-refractivity contribution in [2.45, 2.75) is 6.92 Å². The van der Waals surface area contributed by atoms with Crippen LogP contribution in [0.15, 0.2) is 24.3 Å². The summed E-state index contributed by atoms with van der Waals surface area (Å²) in [5.74, 6) is -0.546. The van der Waals surface area contributed by atoms with Crippen molar-refractivity contribution in [1.82, 2.24) is 0 Å². The molecule has 2 N–H and O–H groups in total. The number of benzene rings is 1. The van der Waals surface area contributed by atoms with E-state index in [2.05, 4.69) is 0 Å². The summed E-state index contributed by atoms with van der Waals surface area (Å²) in [5, 5.41) is 8.48. The van der Waals surface area contributed by atoms with Crippen molar-refractivity contribution in [1.29, 1.82) is 5.26 Å². The lowest BCUT2D eigenvalue weighted by atomic mass is 10.3. The first-order valence-electron chi connectivity index (χ1n) is 4.74. The lowest BCUT2D eigenvalue weighted by molar-refractivity contribution is 0.595. The predicted octanol–water partition coefficient (Wildman–Crippen LogP) is 0.948. The van der Waals surface area contributed by atoms with Crippen LogP contribution in [0.2, 0.25) is 0 Å². The molecule has 0 aliphatic rings. The summed E-state index contributed by atoms with van der Waals surface area (Å²) in [5.41, 5.74) is 6.50. The van der Waals surface area contributed by atoms with E-state index < -0.39 is 15.8 Å².